The number of amides is 1. The topological polar surface area (TPSA) is 71.2 Å². The molecule has 0 aliphatic carbocycles. The summed E-state index contributed by atoms with van der Waals surface area (Å²) >= 11 is 3.03. The second-order valence-corrected chi connectivity index (χ2v) is 7.46. The van der Waals surface area contributed by atoms with Crippen LogP contribution in [0.4, 0.5) is 5.13 Å². The molecule has 0 spiro atoms. The molecule has 2 aromatic rings. The lowest BCUT2D eigenvalue weighted by atomic mass is 9.94. The molecular weight excluding hydrogens is 375 g/mol. The van der Waals surface area contributed by atoms with Crippen LogP contribution in [0, 0.1) is 0 Å². The first kappa shape index (κ1) is 22.4. The summed E-state index contributed by atoms with van der Waals surface area (Å²) in [7, 11) is 3.93. The lowest BCUT2D eigenvalue weighted by molar-refractivity contribution is 0.0946. The van der Waals surface area contributed by atoms with Gasteiger partial charge in [0.1, 0.15) is 4.83 Å². The van der Waals surface area contributed by atoms with Crippen LogP contribution in [-0.4, -0.2) is 37.1 Å². The lowest BCUT2D eigenvalue weighted by Gasteiger charge is -2.26. The van der Waals surface area contributed by atoms with Crippen molar-refractivity contribution in [3.63, 3.8) is 0 Å². The van der Waals surface area contributed by atoms with Crippen molar-refractivity contribution in [2.75, 3.05) is 25.5 Å². The fourth-order valence-electron chi connectivity index (χ4n) is 1.87. The van der Waals surface area contributed by atoms with Crippen molar-refractivity contribution in [1.29, 1.82) is 0 Å². The van der Waals surface area contributed by atoms with Crippen LogP contribution in [0.5, 0.6) is 0 Å². The van der Waals surface area contributed by atoms with E-state index in [2.05, 4.69) is 10.3 Å². The smallest absolute Gasteiger partial charge is 0.261 e. The summed E-state index contributed by atoms with van der Waals surface area (Å²) in [6.45, 7) is 4.59. The molecule has 2 rings (SSSR count). The maximum Gasteiger partial charge on any atom is 0.261 e. The second-order valence-electron chi connectivity index (χ2n) is 5.42. The third-order valence-electron chi connectivity index (χ3n) is 3.69. The van der Waals surface area contributed by atoms with Gasteiger partial charge in [-0.1, -0.05) is 25.2 Å². The van der Waals surface area contributed by atoms with Gasteiger partial charge in [-0.25, -0.2) is 4.98 Å². The number of nitrogens with two attached hydrogens (primary N) is 1. The van der Waals surface area contributed by atoms with Crippen LogP contribution in [0.3, 0.4) is 0 Å². The van der Waals surface area contributed by atoms with Gasteiger partial charge in [0.05, 0.1) is 9.58 Å². The van der Waals surface area contributed by atoms with Crippen LogP contribution in [0.1, 0.15) is 36.4 Å². The number of carbonyl (C=O) groups is 1. The Morgan fingerprint density at radius 3 is 2.39 bits per heavy atom. The molecule has 5 nitrogen and oxygen atoms in total. The van der Waals surface area contributed by atoms with Crippen molar-refractivity contribution in [2.45, 2.75) is 32.2 Å². The van der Waals surface area contributed by atoms with Crippen LogP contribution < -0.4 is 16.0 Å². The number of anilines is 1. The number of nitrogens with one attached hydrogen (secondary N) is 1. The van der Waals surface area contributed by atoms with Crippen LogP contribution in [0.2, 0.25) is 0 Å². The van der Waals surface area contributed by atoms with E-state index >= 15 is 0 Å². The largest absolute Gasteiger partial charge is 0.354 e. The van der Waals surface area contributed by atoms with Gasteiger partial charge in [0, 0.05) is 26.2 Å². The molecule has 9 heteroatoms. The van der Waals surface area contributed by atoms with Gasteiger partial charge < -0.3 is 16.0 Å². The standard InChI is InChI=1S/C14H22N4OS2.2ClH/c1-5-14(15,6-2)8-16-11(19)9-7-10-12(20-9)17-13(21-10)18(3)4;;/h7H,5-6,8,15H2,1-4H3,(H,16,19);2*1H. The van der Waals surface area contributed by atoms with E-state index in [9.17, 15) is 4.79 Å². The molecule has 0 fully saturated rings. The molecule has 0 aliphatic rings. The molecule has 132 valence electrons. The Bertz CT molecular complexity index is 606. The molecule has 0 saturated carbocycles. The summed E-state index contributed by atoms with van der Waals surface area (Å²) < 4.78 is 1.05. The molecule has 3 N–H and O–H groups in total. The fourth-order valence-corrected chi connectivity index (χ4v) is 3.92. The SMILES string of the molecule is CCC(N)(CC)CNC(=O)c1cc2sc(N(C)C)nc2s1.Cl.Cl. The summed E-state index contributed by atoms with van der Waals surface area (Å²) in [5.41, 5.74) is 5.89. The van der Waals surface area contributed by atoms with Crippen molar-refractivity contribution < 1.29 is 4.79 Å². The highest BCUT2D eigenvalue weighted by Gasteiger charge is 2.22. The molecule has 23 heavy (non-hydrogen) atoms. The van der Waals surface area contributed by atoms with Crippen molar-refractivity contribution >= 4 is 68.1 Å². The van der Waals surface area contributed by atoms with Crippen LogP contribution in [-0.2, 0) is 0 Å². The molecule has 2 aromatic heterocycles. The van der Waals surface area contributed by atoms with E-state index in [0.29, 0.717) is 11.4 Å². The lowest BCUT2D eigenvalue weighted by Crippen LogP contribution is -2.49. The second kappa shape index (κ2) is 9.03. The van der Waals surface area contributed by atoms with Crippen LogP contribution in [0.25, 0.3) is 9.53 Å². The number of rotatable bonds is 6. The van der Waals surface area contributed by atoms with Gasteiger partial charge in [-0.05, 0) is 18.9 Å². The van der Waals surface area contributed by atoms with Crippen molar-refractivity contribution in [1.82, 2.24) is 10.3 Å². The number of carbonyl (C=O) groups excluding carboxylic acids is 1. The predicted octanol–water partition coefficient (Wildman–Crippen LogP) is 3.51. The maximum atomic E-state index is 12.2. The maximum absolute atomic E-state index is 12.2. The zero-order valence-electron chi connectivity index (χ0n) is 13.7. The Morgan fingerprint density at radius 1 is 1.30 bits per heavy atom. The number of hydrogen-bond acceptors (Lipinski definition) is 6. The molecule has 0 aromatic carbocycles. The molecular formula is C14H24Cl2N4OS2. The van der Waals surface area contributed by atoms with Gasteiger partial charge in [-0.2, -0.15) is 0 Å². The minimum Gasteiger partial charge on any atom is -0.354 e. The molecule has 0 radical (unpaired) electrons. The first-order valence-corrected chi connectivity index (χ1v) is 8.66. The molecule has 0 aliphatic heterocycles. The Balaban J connectivity index is 0.00000242. The highest BCUT2D eigenvalue weighted by Crippen LogP contribution is 2.33. The Morgan fingerprint density at radius 2 is 1.91 bits per heavy atom. The predicted molar refractivity (Wildman–Crippen MR) is 106 cm³/mol. The van der Waals surface area contributed by atoms with E-state index in [1.54, 1.807) is 11.3 Å². The van der Waals surface area contributed by atoms with E-state index in [-0.39, 0.29) is 36.3 Å². The number of hydrogen-bond donors (Lipinski definition) is 2. The molecule has 0 saturated heterocycles. The summed E-state index contributed by atoms with van der Waals surface area (Å²) in [4.78, 5) is 20.3. The zero-order valence-corrected chi connectivity index (χ0v) is 17.0. The molecule has 0 atom stereocenters. The van der Waals surface area contributed by atoms with Crippen molar-refractivity contribution in [2.24, 2.45) is 5.73 Å². The zero-order chi connectivity index (χ0) is 15.6. The third kappa shape index (κ3) is 5.19. The summed E-state index contributed by atoms with van der Waals surface area (Å²) in [5, 5.41) is 3.90. The number of thiophene rings is 1. The average Bonchev–Trinajstić information content (AvgIpc) is 3.02. The van der Waals surface area contributed by atoms with E-state index in [0.717, 1.165) is 27.5 Å². The van der Waals surface area contributed by atoms with Gasteiger partial charge in [-0.3, -0.25) is 4.79 Å². The number of aromatic nitrogens is 1. The van der Waals surface area contributed by atoms with Gasteiger partial charge in [-0.15, -0.1) is 36.2 Å². The van der Waals surface area contributed by atoms with E-state index < -0.39 is 0 Å². The van der Waals surface area contributed by atoms with Crippen LogP contribution >= 0.6 is 47.5 Å². The fraction of sp³-hybridized carbons (Fsp3) is 0.571. The van der Waals surface area contributed by atoms with Gasteiger partial charge >= 0.3 is 0 Å². The normalized spacial score (nSPS) is 10.8. The quantitative estimate of drug-likeness (QED) is 0.780. The number of thiazole rings is 1. The Hall–Kier alpha value is -0.600. The molecule has 2 heterocycles. The molecule has 0 bridgehead atoms. The minimum atomic E-state index is -0.319. The first-order chi connectivity index (χ1) is 9.88. The van der Waals surface area contributed by atoms with Crippen molar-refractivity contribution in [3.8, 4) is 0 Å². The number of fused-ring (bicyclic) bond motifs is 1. The minimum absolute atomic E-state index is 0. The van der Waals surface area contributed by atoms with Gasteiger partial charge in [0.2, 0.25) is 0 Å². The Kier molecular flexibility index (Phi) is 8.80. The van der Waals surface area contributed by atoms with Gasteiger partial charge in [0.15, 0.2) is 5.13 Å². The third-order valence-corrected chi connectivity index (χ3v) is 6.02. The number of nitrogens with zero attached hydrogens (tertiary/aromatic N) is 2. The van der Waals surface area contributed by atoms with Crippen LogP contribution in [0.15, 0.2) is 6.07 Å². The van der Waals surface area contributed by atoms with E-state index in [1.807, 2.05) is 38.9 Å². The monoisotopic (exact) mass is 398 g/mol. The summed E-state index contributed by atoms with van der Waals surface area (Å²) in [6, 6.07) is 1.91. The Labute approximate surface area is 157 Å². The van der Waals surface area contributed by atoms with Gasteiger partial charge in [0.25, 0.3) is 5.91 Å². The first-order valence-electron chi connectivity index (χ1n) is 7.03. The highest BCUT2D eigenvalue weighted by atomic mass is 35.5. The number of halogens is 2. The highest BCUT2D eigenvalue weighted by molar-refractivity contribution is 7.29. The van der Waals surface area contributed by atoms with E-state index in [4.69, 9.17) is 5.73 Å². The van der Waals surface area contributed by atoms with Crippen molar-refractivity contribution in [3.05, 3.63) is 10.9 Å². The molecule has 0 unspecified atom stereocenters. The molecule has 1 amide bonds. The summed E-state index contributed by atoms with van der Waals surface area (Å²) in [6.07, 6.45) is 1.69. The summed E-state index contributed by atoms with van der Waals surface area (Å²) in [5.74, 6) is -0.0617. The van der Waals surface area contributed by atoms with E-state index in [1.165, 1.54) is 11.3 Å². The average molecular weight is 399 g/mol.